The first kappa shape index (κ1) is 46.5. The first-order valence-corrected chi connectivity index (χ1v) is 19.8. The largest absolute Gasteiger partial charge is 0.428 e. The molecule has 2 heterocycles. The molecule has 1 saturated carbocycles. The Hall–Kier alpha value is -4.16. The van der Waals surface area contributed by atoms with Crippen molar-refractivity contribution in [1.82, 2.24) is 30.6 Å². The molecule has 1 aromatic carbocycles. The molecule has 1 aromatic rings. The van der Waals surface area contributed by atoms with E-state index in [9.17, 15) is 46.7 Å². The topological polar surface area (TPSA) is 193 Å². The van der Waals surface area contributed by atoms with E-state index in [2.05, 4.69) is 21.3 Å². The standard InChI is InChI=1S/C38H51Cl2F3N6O9/c1-36(2)18-23-25(57-36)20-49(34(55)28(22-14-10-7-11-15-22)47-35(56)58-37(3,4)39)29(23)31(52)45-24(16-17-38(41,42)43)30(51)32(53)44-19-26(50)46-27(33(54)48(5)40)21-12-8-6-9-13-21/h6,8-9,12-13,22-25,27-29H,7,10-11,14-20H2,1-5H3,(H,44,53)(H,45,52)(H,46,50)(H,47,56)/t23-,24?,25-,27-,28-,29-/m0/s1. The van der Waals surface area contributed by atoms with Crippen LogP contribution in [0.4, 0.5) is 18.0 Å². The van der Waals surface area contributed by atoms with E-state index in [4.69, 9.17) is 32.9 Å². The van der Waals surface area contributed by atoms with Gasteiger partial charge in [-0.25, -0.2) is 4.79 Å². The number of nitrogens with one attached hydrogen (secondary N) is 4. The average molecular weight is 864 g/mol. The van der Waals surface area contributed by atoms with Crippen molar-refractivity contribution in [2.75, 3.05) is 20.1 Å². The molecule has 0 aromatic heterocycles. The molecule has 15 nitrogen and oxygen atoms in total. The zero-order chi connectivity index (χ0) is 43.2. The summed E-state index contributed by atoms with van der Waals surface area (Å²) < 4.78 is 52.7. The van der Waals surface area contributed by atoms with E-state index in [1.165, 1.54) is 25.8 Å². The number of carbonyl (C=O) groups is 7. The highest BCUT2D eigenvalue weighted by molar-refractivity contribution is 6.38. The van der Waals surface area contributed by atoms with Gasteiger partial charge in [-0.1, -0.05) is 61.2 Å². The molecule has 3 aliphatic rings. The van der Waals surface area contributed by atoms with Crippen molar-refractivity contribution in [1.29, 1.82) is 0 Å². The van der Waals surface area contributed by atoms with Gasteiger partial charge < -0.3 is 35.6 Å². The minimum Gasteiger partial charge on any atom is -0.428 e. The summed E-state index contributed by atoms with van der Waals surface area (Å²) in [5, 5.41) is 7.97. The summed E-state index contributed by atoms with van der Waals surface area (Å²) in [7, 11) is 1.24. The summed E-state index contributed by atoms with van der Waals surface area (Å²) in [6.07, 6.45) is -5.13. The van der Waals surface area contributed by atoms with Crippen LogP contribution in [0.25, 0.3) is 0 Å². The third-order valence-electron chi connectivity index (χ3n) is 10.3. The molecule has 0 bridgehead atoms. The first-order chi connectivity index (χ1) is 27.0. The summed E-state index contributed by atoms with van der Waals surface area (Å²) in [6.45, 7) is 5.46. The highest BCUT2D eigenvalue weighted by Gasteiger charge is 2.56. The predicted octanol–water partition coefficient (Wildman–Crippen LogP) is 4.01. The number of ether oxygens (including phenoxy) is 2. The number of nitrogens with zero attached hydrogens (tertiary/aromatic N) is 2. The molecule has 0 radical (unpaired) electrons. The Morgan fingerprint density at radius 3 is 2.22 bits per heavy atom. The van der Waals surface area contributed by atoms with Crippen LogP contribution in [0, 0.1) is 11.8 Å². The molecule has 0 spiro atoms. The molecule has 1 unspecified atom stereocenters. The molecule has 1 aliphatic carbocycles. The Morgan fingerprint density at radius 1 is 1.00 bits per heavy atom. The van der Waals surface area contributed by atoms with Crippen LogP contribution in [0.15, 0.2) is 30.3 Å². The second-order valence-corrected chi connectivity index (χ2v) is 17.4. The molecule has 4 N–H and O–H groups in total. The Labute approximate surface area is 344 Å². The summed E-state index contributed by atoms with van der Waals surface area (Å²) in [6, 6.07) is 2.15. The quantitative estimate of drug-likeness (QED) is 0.115. The van der Waals surface area contributed by atoms with Crippen molar-refractivity contribution in [2.24, 2.45) is 11.8 Å². The van der Waals surface area contributed by atoms with Crippen LogP contribution >= 0.6 is 23.4 Å². The minimum absolute atomic E-state index is 0.102. The Kier molecular flexibility index (Phi) is 15.5. The van der Waals surface area contributed by atoms with Crippen LogP contribution in [0.5, 0.6) is 0 Å². The molecule has 3 fully saturated rings. The van der Waals surface area contributed by atoms with E-state index in [0.717, 1.165) is 23.7 Å². The van der Waals surface area contributed by atoms with Gasteiger partial charge in [0, 0.05) is 37.7 Å². The first-order valence-electron chi connectivity index (χ1n) is 19.1. The monoisotopic (exact) mass is 862 g/mol. The van der Waals surface area contributed by atoms with Gasteiger partial charge in [-0.3, -0.25) is 33.2 Å². The number of rotatable bonds is 15. The lowest BCUT2D eigenvalue weighted by Gasteiger charge is -2.36. The van der Waals surface area contributed by atoms with Gasteiger partial charge in [0.2, 0.25) is 23.5 Å². The zero-order valence-electron chi connectivity index (χ0n) is 33.0. The van der Waals surface area contributed by atoms with Crippen LogP contribution in [-0.4, -0.2) is 112 Å². The van der Waals surface area contributed by atoms with Gasteiger partial charge in [-0.15, -0.1) is 0 Å². The Balaban J connectivity index is 1.55. The lowest BCUT2D eigenvalue weighted by molar-refractivity contribution is -0.148. The number of fused-ring (bicyclic) bond motifs is 1. The van der Waals surface area contributed by atoms with Crippen molar-refractivity contribution < 1.29 is 56.2 Å². The second kappa shape index (κ2) is 19.3. The zero-order valence-corrected chi connectivity index (χ0v) is 34.5. The van der Waals surface area contributed by atoms with Gasteiger partial charge in [-0.2, -0.15) is 13.2 Å². The highest BCUT2D eigenvalue weighted by atomic mass is 35.5. The summed E-state index contributed by atoms with van der Waals surface area (Å²) >= 11 is 11.9. The molecule has 6 amide bonds. The smallest absolute Gasteiger partial charge is 0.409 e. The van der Waals surface area contributed by atoms with Gasteiger partial charge in [0.25, 0.3) is 11.8 Å². The molecule has 20 heteroatoms. The second-order valence-electron chi connectivity index (χ2n) is 16.0. The van der Waals surface area contributed by atoms with Gasteiger partial charge >= 0.3 is 12.3 Å². The maximum atomic E-state index is 14.5. The maximum absolute atomic E-state index is 14.5. The van der Waals surface area contributed by atoms with Crippen molar-refractivity contribution in [3.63, 3.8) is 0 Å². The fourth-order valence-corrected chi connectivity index (χ4v) is 7.97. The van der Waals surface area contributed by atoms with E-state index in [1.54, 1.807) is 44.2 Å². The van der Waals surface area contributed by atoms with E-state index in [-0.39, 0.29) is 18.9 Å². The number of carbonyl (C=O) groups excluding carboxylic acids is 7. The van der Waals surface area contributed by atoms with Crippen LogP contribution < -0.4 is 21.3 Å². The Bertz CT molecular complexity index is 1690. The number of likely N-dealkylation sites (tertiary alicyclic amines) is 1. The fraction of sp³-hybridized carbons (Fsp3) is 0.658. The van der Waals surface area contributed by atoms with Crippen LogP contribution in [-0.2, 0) is 38.2 Å². The number of amides is 6. The summed E-state index contributed by atoms with van der Waals surface area (Å²) in [5.41, 5.74) is -0.391. The molecule has 322 valence electrons. The fourth-order valence-electron chi connectivity index (χ4n) is 7.80. The third-order valence-corrected chi connectivity index (χ3v) is 10.6. The number of likely N-dealkylation sites (N-methyl/N-ethyl adjacent to an activating group) is 1. The number of alkyl halides is 4. The molecular weight excluding hydrogens is 812 g/mol. The average Bonchev–Trinajstić information content (AvgIpc) is 3.63. The number of alkyl carbamates (subject to hydrolysis) is 1. The van der Waals surface area contributed by atoms with Crippen molar-refractivity contribution in [3.05, 3.63) is 35.9 Å². The van der Waals surface area contributed by atoms with Gasteiger partial charge in [0.1, 0.15) is 18.1 Å². The molecule has 6 atom stereocenters. The number of hydrogen-bond donors (Lipinski definition) is 4. The van der Waals surface area contributed by atoms with Gasteiger partial charge in [0.05, 0.1) is 24.3 Å². The van der Waals surface area contributed by atoms with Crippen molar-refractivity contribution in [2.45, 2.75) is 126 Å². The molecule has 2 aliphatic heterocycles. The van der Waals surface area contributed by atoms with E-state index in [0.29, 0.717) is 18.4 Å². The Morgan fingerprint density at radius 2 is 1.64 bits per heavy atom. The van der Waals surface area contributed by atoms with E-state index >= 15 is 0 Å². The van der Waals surface area contributed by atoms with Crippen LogP contribution in [0.1, 0.15) is 90.7 Å². The normalized spacial score (nSPS) is 22.1. The van der Waals surface area contributed by atoms with Crippen LogP contribution in [0.2, 0.25) is 0 Å². The predicted molar refractivity (Wildman–Crippen MR) is 204 cm³/mol. The minimum atomic E-state index is -4.79. The van der Waals surface area contributed by atoms with E-state index in [1.807, 2.05) is 0 Å². The lowest BCUT2D eigenvalue weighted by Crippen LogP contribution is -2.59. The third kappa shape index (κ3) is 12.9. The van der Waals surface area contributed by atoms with Crippen molar-refractivity contribution in [3.8, 4) is 0 Å². The molecular formula is C38H51Cl2F3N6O9. The van der Waals surface area contributed by atoms with E-state index < -0.39 is 114 Å². The number of hydrogen-bond acceptors (Lipinski definition) is 9. The molecule has 4 rings (SSSR count). The SMILES string of the molecule is CN(Cl)C(=O)[C@@H](NC(=O)CNC(=O)C(=O)C(CCC(F)(F)F)NC(=O)[C@@H]1[C@H]2CC(C)(C)O[C@H]2CN1C(=O)[C@@H](NC(=O)OC(C)(C)Cl)C1CCCCC1)c1ccccc1. The lowest BCUT2D eigenvalue weighted by atomic mass is 9.83. The maximum Gasteiger partial charge on any atom is 0.409 e. The van der Waals surface area contributed by atoms with Gasteiger partial charge in [-0.05, 0) is 64.9 Å². The highest BCUT2D eigenvalue weighted by Crippen LogP contribution is 2.44. The number of ketones is 1. The molecule has 58 heavy (non-hydrogen) atoms. The number of halogens is 5. The van der Waals surface area contributed by atoms with Gasteiger partial charge in [0.15, 0.2) is 5.06 Å². The number of Topliss-reactive ketones (excluding diaryl/α,β-unsaturated/α-hetero) is 1. The number of benzene rings is 1. The summed E-state index contributed by atoms with van der Waals surface area (Å²) in [5.74, 6) is -7.29. The summed E-state index contributed by atoms with van der Waals surface area (Å²) in [4.78, 5) is 95.0. The molecule has 2 saturated heterocycles. The van der Waals surface area contributed by atoms with Crippen LogP contribution in [0.3, 0.4) is 0 Å². The van der Waals surface area contributed by atoms with Crippen molar-refractivity contribution >= 4 is 64.8 Å².